The van der Waals surface area contributed by atoms with E-state index in [0.29, 0.717) is 6.42 Å². The number of rotatable bonds is 14. The second-order valence-corrected chi connectivity index (χ2v) is 6.28. The van der Waals surface area contributed by atoms with Crippen molar-refractivity contribution >= 4 is 5.97 Å². The van der Waals surface area contributed by atoms with E-state index in [1.54, 1.807) is 0 Å². The van der Waals surface area contributed by atoms with E-state index in [1.807, 2.05) is 0 Å². The van der Waals surface area contributed by atoms with E-state index >= 15 is 0 Å². The molecule has 0 spiro atoms. The number of hydrogen-bond donors (Lipinski definition) is 0. The Morgan fingerprint density at radius 3 is 1.27 bits per heavy atom. The van der Waals surface area contributed by atoms with Crippen LogP contribution in [0.5, 0.6) is 0 Å². The van der Waals surface area contributed by atoms with E-state index in [1.165, 1.54) is 90.6 Å². The van der Waals surface area contributed by atoms with Gasteiger partial charge >= 0.3 is 5.97 Å². The quantitative estimate of drug-likeness (QED) is 0.253. The molecule has 0 radical (unpaired) electrons. The van der Waals surface area contributed by atoms with Crippen LogP contribution in [0.3, 0.4) is 0 Å². The number of unbranched alkanes of at least 4 members (excludes halogenated alkanes) is 12. The number of carbonyl (C=O) groups is 1. The average molecular weight is 315 g/mol. The van der Waals surface area contributed by atoms with Crippen molar-refractivity contribution < 1.29 is 9.53 Å². The Morgan fingerprint density at radius 2 is 0.955 bits per heavy atom. The smallest absolute Gasteiger partial charge is 0.305 e. The Balaban J connectivity index is 0. The summed E-state index contributed by atoms with van der Waals surface area (Å²) in [4.78, 5) is 10.9. The van der Waals surface area contributed by atoms with Crippen molar-refractivity contribution in [1.82, 2.24) is 0 Å². The van der Waals surface area contributed by atoms with E-state index < -0.39 is 0 Å². The maximum Gasteiger partial charge on any atom is 0.305 e. The van der Waals surface area contributed by atoms with Gasteiger partial charge in [-0.2, -0.15) is 0 Å². The summed E-state index contributed by atoms with van der Waals surface area (Å²) < 4.78 is 4.62. The summed E-state index contributed by atoms with van der Waals surface area (Å²) in [5.74, 6) is -0.0666. The molecule has 0 bridgehead atoms. The predicted molar refractivity (Wildman–Crippen MR) is 98.3 cm³/mol. The van der Waals surface area contributed by atoms with Crippen molar-refractivity contribution in [3.8, 4) is 0 Å². The van der Waals surface area contributed by atoms with Crippen molar-refractivity contribution in [1.29, 1.82) is 0 Å². The summed E-state index contributed by atoms with van der Waals surface area (Å²) in [7, 11) is 1.46. The van der Waals surface area contributed by atoms with Gasteiger partial charge in [-0.05, 0) is 6.42 Å². The van der Waals surface area contributed by atoms with Crippen LogP contribution in [-0.4, -0.2) is 13.1 Å². The molecule has 0 N–H and O–H groups in total. The van der Waals surface area contributed by atoms with Gasteiger partial charge in [0.15, 0.2) is 0 Å². The fourth-order valence-corrected chi connectivity index (χ4v) is 2.39. The molecule has 0 aromatic heterocycles. The van der Waals surface area contributed by atoms with Gasteiger partial charge in [0.25, 0.3) is 0 Å². The molecule has 2 heteroatoms. The molecular formula is C20H42O2. The first-order valence-corrected chi connectivity index (χ1v) is 9.79. The summed E-state index contributed by atoms with van der Waals surface area (Å²) in [5, 5.41) is 0. The zero-order chi connectivity index (χ0) is 16.9. The largest absolute Gasteiger partial charge is 0.469 e. The van der Waals surface area contributed by atoms with Crippen LogP contribution in [0, 0.1) is 0 Å². The lowest BCUT2D eigenvalue weighted by Gasteiger charge is -2.03. The van der Waals surface area contributed by atoms with Crippen LogP contribution >= 0.6 is 0 Å². The van der Waals surface area contributed by atoms with Crippen molar-refractivity contribution in [2.45, 2.75) is 117 Å². The monoisotopic (exact) mass is 314 g/mol. The molecule has 134 valence electrons. The lowest BCUT2D eigenvalue weighted by atomic mass is 10.0. The molecule has 0 aliphatic rings. The third-order valence-electron chi connectivity index (χ3n) is 3.71. The average Bonchev–Trinajstić information content (AvgIpc) is 2.52. The Kier molecular flexibility index (Phi) is 24.5. The number of methoxy groups -OCH3 is 1. The van der Waals surface area contributed by atoms with Crippen molar-refractivity contribution in [3.05, 3.63) is 0 Å². The minimum Gasteiger partial charge on any atom is -0.469 e. The van der Waals surface area contributed by atoms with Crippen LogP contribution in [0.25, 0.3) is 0 Å². The van der Waals surface area contributed by atoms with Gasteiger partial charge in [0.1, 0.15) is 0 Å². The first kappa shape index (κ1) is 23.7. The Hall–Kier alpha value is -0.530. The molecule has 0 atom stereocenters. The highest BCUT2D eigenvalue weighted by molar-refractivity contribution is 5.68. The molecule has 0 aliphatic heterocycles. The topological polar surface area (TPSA) is 26.3 Å². The molecule has 0 aromatic rings. The standard InChI is InChI=1S/C17H34O2.C3H8/c1-3-4-5-6-7-8-9-10-11-12-13-14-15-16-17(18)19-2;1-3-2/h3-16H2,1-2H3;3H2,1-2H3. The van der Waals surface area contributed by atoms with E-state index in [9.17, 15) is 4.79 Å². The normalized spacial score (nSPS) is 10.0. The molecular weight excluding hydrogens is 272 g/mol. The Morgan fingerprint density at radius 1 is 0.636 bits per heavy atom. The van der Waals surface area contributed by atoms with Crippen LogP contribution in [0.1, 0.15) is 117 Å². The molecule has 0 heterocycles. The predicted octanol–water partition coefficient (Wildman–Crippen LogP) is 7.06. The first-order valence-electron chi connectivity index (χ1n) is 9.79. The zero-order valence-corrected chi connectivity index (χ0v) is 15.9. The van der Waals surface area contributed by atoms with E-state index in [4.69, 9.17) is 0 Å². The Bertz CT molecular complexity index is 202. The van der Waals surface area contributed by atoms with Crippen LogP contribution in [-0.2, 0) is 9.53 Å². The molecule has 0 saturated heterocycles. The van der Waals surface area contributed by atoms with Gasteiger partial charge in [-0.1, -0.05) is 104 Å². The van der Waals surface area contributed by atoms with Crippen molar-refractivity contribution in [3.63, 3.8) is 0 Å². The second kappa shape index (κ2) is 22.7. The lowest BCUT2D eigenvalue weighted by molar-refractivity contribution is -0.140. The number of ether oxygens (including phenoxy) is 1. The zero-order valence-electron chi connectivity index (χ0n) is 15.9. The summed E-state index contributed by atoms with van der Waals surface area (Å²) >= 11 is 0. The highest BCUT2D eigenvalue weighted by atomic mass is 16.5. The van der Waals surface area contributed by atoms with Crippen LogP contribution in [0.2, 0.25) is 0 Å². The first-order chi connectivity index (χ1) is 10.7. The Labute approximate surface area is 140 Å². The third-order valence-corrected chi connectivity index (χ3v) is 3.71. The molecule has 0 aliphatic carbocycles. The van der Waals surface area contributed by atoms with Gasteiger partial charge in [-0.15, -0.1) is 0 Å². The molecule has 22 heavy (non-hydrogen) atoms. The molecule has 0 unspecified atom stereocenters. The molecule has 0 fully saturated rings. The van der Waals surface area contributed by atoms with Crippen LogP contribution in [0.15, 0.2) is 0 Å². The SMILES string of the molecule is CCC.CCCCCCCCCCCCCCCC(=O)OC. The minimum absolute atomic E-state index is 0.0666. The van der Waals surface area contributed by atoms with Gasteiger partial charge in [-0.3, -0.25) is 4.79 Å². The van der Waals surface area contributed by atoms with Crippen molar-refractivity contribution in [2.75, 3.05) is 7.11 Å². The summed E-state index contributed by atoms with van der Waals surface area (Å²) in [6.45, 7) is 6.52. The molecule has 0 amide bonds. The molecule has 0 saturated carbocycles. The summed E-state index contributed by atoms with van der Waals surface area (Å²) in [5.41, 5.74) is 0. The van der Waals surface area contributed by atoms with E-state index in [0.717, 1.165) is 6.42 Å². The maximum absolute atomic E-state index is 10.9. The van der Waals surface area contributed by atoms with Gasteiger partial charge in [0.2, 0.25) is 0 Å². The minimum atomic E-state index is -0.0666. The van der Waals surface area contributed by atoms with E-state index in [2.05, 4.69) is 25.5 Å². The number of esters is 1. The second-order valence-electron chi connectivity index (χ2n) is 6.28. The maximum atomic E-state index is 10.9. The molecule has 0 rings (SSSR count). The summed E-state index contributed by atoms with van der Waals surface area (Å²) in [6.07, 6.45) is 19.2. The highest BCUT2D eigenvalue weighted by Crippen LogP contribution is 2.12. The van der Waals surface area contributed by atoms with Crippen LogP contribution < -0.4 is 0 Å². The molecule has 0 aromatic carbocycles. The van der Waals surface area contributed by atoms with Crippen molar-refractivity contribution in [2.24, 2.45) is 0 Å². The van der Waals surface area contributed by atoms with Gasteiger partial charge in [0.05, 0.1) is 7.11 Å². The van der Waals surface area contributed by atoms with Gasteiger partial charge in [-0.25, -0.2) is 0 Å². The molecule has 2 nitrogen and oxygen atoms in total. The number of carbonyl (C=O) groups excluding carboxylic acids is 1. The van der Waals surface area contributed by atoms with Gasteiger partial charge < -0.3 is 4.74 Å². The fraction of sp³-hybridized carbons (Fsp3) is 0.950. The van der Waals surface area contributed by atoms with E-state index in [-0.39, 0.29) is 5.97 Å². The number of hydrogen-bond acceptors (Lipinski definition) is 2. The fourth-order valence-electron chi connectivity index (χ4n) is 2.39. The van der Waals surface area contributed by atoms with Crippen LogP contribution in [0.4, 0.5) is 0 Å². The third kappa shape index (κ3) is 24.5. The lowest BCUT2D eigenvalue weighted by Crippen LogP contribution is -1.99. The summed E-state index contributed by atoms with van der Waals surface area (Å²) in [6, 6.07) is 0. The van der Waals surface area contributed by atoms with Gasteiger partial charge in [0, 0.05) is 6.42 Å². The highest BCUT2D eigenvalue weighted by Gasteiger charge is 1.99.